The fourth-order valence-electron chi connectivity index (χ4n) is 1.81. The first-order chi connectivity index (χ1) is 7.26. The molecule has 1 aliphatic rings. The van der Waals surface area contributed by atoms with Crippen LogP contribution in [0.15, 0.2) is 0 Å². The van der Waals surface area contributed by atoms with Gasteiger partial charge in [-0.2, -0.15) is 0 Å². The number of aliphatic hydroxyl groups is 1. The van der Waals surface area contributed by atoms with E-state index in [-0.39, 0.29) is 6.09 Å². The molecular formula is C11H22N2O3. The first-order valence-electron chi connectivity index (χ1n) is 5.66. The van der Waals surface area contributed by atoms with E-state index in [1.807, 2.05) is 20.8 Å². The van der Waals surface area contributed by atoms with Crippen molar-refractivity contribution >= 4 is 6.09 Å². The predicted molar refractivity (Wildman–Crippen MR) is 61.0 cm³/mol. The molecule has 0 bridgehead atoms. The summed E-state index contributed by atoms with van der Waals surface area (Å²) < 4.78 is 5.24. The van der Waals surface area contributed by atoms with Crippen molar-refractivity contribution in [2.75, 3.05) is 19.6 Å². The largest absolute Gasteiger partial charge is 0.444 e. The Bertz CT molecular complexity index is 262. The molecule has 1 amide bonds. The number of nitrogens with zero attached hydrogens (tertiary/aromatic N) is 1. The molecule has 0 saturated carbocycles. The van der Waals surface area contributed by atoms with Gasteiger partial charge in [-0.3, -0.25) is 0 Å². The Morgan fingerprint density at radius 2 is 2.19 bits per heavy atom. The van der Waals surface area contributed by atoms with Crippen LogP contribution in [0.2, 0.25) is 0 Å². The van der Waals surface area contributed by atoms with Gasteiger partial charge in [-0.1, -0.05) is 0 Å². The number of carbonyl (C=O) groups excluding carboxylic acids is 1. The van der Waals surface area contributed by atoms with Crippen molar-refractivity contribution in [2.24, 2.45) is 5.73 Å². The number of β-amino-alcohol motifs (C(OH)–C–C–N with tert-alkyl or cyclic N) is 1. The minimum Gasteiger partial charge on any atom is -0.444 e. The maximum Gasteiger partial charge on any atom is 0.410 e. The number of carbonyl (C=O) groups is 1. The van der Waals surface area contributed by atoms with Gasteiger partial charge in [0.25, 0.3) is 0 Å². The molecule has 0 radical (unpaired) electrons. The fourth-order valence-corrected chi connectivity index (χ4v) is 1.81. The Hall–Kier alpha value is -0.810. The zero-order valence-corrected chi connectivity index (χ0v) is 10.3. The van der Waals surface area contributed by atoms with E-state index in [4.69, 9.17) is 10.5 Å². The van der Waals surface area contributed by atoms with E-state index in [2.05, 4.69) is 0 Å². The lowest BCUT2D eigenvalue weighted by Gasteiger charge is -2.26. The summed E-state index contributed by atoms with van der Waals surface area (Å²) in [4.78, 5) is 13.3. The summed E-state index contributed by atoms with van der Waals surface area (Å²) in [5.74, 6) is 0. The first kappa shape index (κ1) is 13.3. The number of ether oxygens (including phenoxy) is 1. The molecule has 94 valence electrons. The fraction of sp³-hybridized carbons (Fsp3) is 0.909. The third-order valence-corrected chi connectivity index (χ3v) is 2.59. The number of rotatable bonds is 2. The van der Waals surface area contributed by atoms with Crippen molar-refractivity contribution in [3.8, 4) is 0 Å². The van der Waals surface area contributed by atoms with Crippen LogP contribution < -0.4 is 5.73 Å². The van der Waals surface area contributed by atoms with E-state index < -0.39 is 11.2 Å². The Labute approximate surface area is 96.6 Å². The highest BCUT2D eigenvalue weighted by molar-refractivity contribution is 5.68. The average Bonchev–Trinajstić information content (AvgIpc) is 2.45. The molecule has 0 aliphatic carbocycles. The highest BCUT2D eigenvalue weighted by Gasteiger charge is 2.38. The lowest BCUT2D eigenvalue weighted by atomic mass is 9.99. The molecule has 0 aromatic carbocycles. The molecule has 0 aromatic rings. The molecular weight excluding hydrogens is 208 g/mol. The van der Waals surface area contributed by atoms with Gasteiger partial charge in [0.1, 0.15) is 5.60 Å². The minimum absolute atomic E-state index is 0.319. The van der Waals surface area contributed by atoms with Crippen LogP contribution in [-0.2, 0) is 4.74 Å². The third kappa shape index (κ3) is 3.64. The maximum atomic E-state index is 11.7. The van der Waals surface area contributed by atoms with E-state index in [0.29, 0.717) is 32.5 Å². The lowest BCUT2D eigenvalue weighted by Crippen LogP contribution is -2.40. The topological polar surface area (TPSA) is 75.8 Å². The summed E-state index contributed by atoms with van der Waals surface area (Å²) in [5.41, 5.74) is 4.10. The second-order valence-corrected chi connectivity index (χ2v) is 5.41. The van der Waals surface area contributed by atoms with E-state index in [1.54, 1.807) is 4.90 Å². The molecule has 1 rings (SSSR count). The van der Waals surface area contributed by atoms with Gasteiger partial charge in [0.15, 0.2) is 0 Å². The van der Waals surface area contributed by atoms with Crippen LogP contribution in [0.5, 0.6) is 0 Å². The van der Waals surface area contributed by atoms with Crippen molar-refractivity contribution in [3.05, 3.63) is 0 Å². The van der Waals surface area contributed by atoms with Gasteiger partial charge < -0.3 is 20.5 Å². The van der Waals surface area contributed by atoms with Crippen LogP contribution in [0.3, 0.4) is 0 Å². The molecule has 1 aliphatic heterocycles. The molecule has 1 unspecified atom stereocenters. The van der Waals surface area contributed by atoms with Gasteiger partial charge >= 0.3 is 6.09 Å². The number of hydrogen-bond donors (Lipinski definition) is 2. The molecule has 5 nitrogen and oxygen atoms in total. The van der Waals surface area contributed by atoms with Crippen molar-refractivity contribution in [2.45, 2.75) is 44.8 Å². The van der Waals surface area contributed by atoms with Crippen LogP contribution in [0.25, 0.3) is 0 Å². The predicted octanol–water partition coefficient (Wildman–Crippen LogP) is 0.707. The molecule has 5 heteroatoms. The molecule has 0 spiro atoms. The highest BCUT2D eigenvalue weighted by atomic mass is 16.6. The van der Waals surface area contributed by atoms with Gasteiger partial charge in [-0.15, -0.1) is 0 Å². The van der Waals surface area contributed by atoms with Crippen LogP contribution >= 0.6 is 0 Å². The van der Waals surface area contributed by atoms with E-state index in [1.165, 1.54) is 0 Å². The van der Waals surface area contributed by atoms with Crippen molar-refractivity contribution in [1.29, 1.82) is 0 Å². The zero-order chi connectivity index (χ0) is 12.4. The van der Waals surface area contributed by atoms with Crippen molar-refractivity contribution < 1.29 is 14.6 Å². The second-order valence-electron chi connectivity index (χ2n) is 5.41. The Kier molecular flexibility index (Phi) is 3.80. The molecule has 1 fully saturated rings. The van der Waals surface area contributed by atoms with E-state index >= 15 is 0 Å². The van der Waals surface area contributed by atoms with Gasteiger partial charge in [0, 0.05) is 6.54 Å². The maximum absolute atomic E-state index is 11.7. The number of amides is 1. The van der Waals surface area contributed by atoms with E-state index in [9.17, 15) is 9.90 Å². The Morgan fingerprint density at radius 1 is 1.56 bits per heavy atom. The number of likely N-dealkylation sites (tertiary alicyclic amines) is 1. The summed E-state index contributed by atoms with van der Waals surface area (Å²) in [5, 5.41) is 10.1. The SMILES string of the molecule is CC(C)(C)OC(=O)N1CCC(O)(CCN)C1. The Morgan fingerprint density at radius 3 is 2.69 bits per heavy atom. The molecule has 1 saturated heterocycles. The molecule has 3 N–H and O–H groups in total. The summed E-state index contributed by atoms with van der Waals surface area (Å²) in [7, 11) is 0. The summed E-state index contributed by atoms with van der Waals surface area (Å²) in [6.45, 7) is 6.76. The van der Waals surface area contributed by atoms with Crippen LogP contribution in [0.4, 0.5) is 4.79 Å². The third-order valence-electron chi connectivity index (χ3n) is 2.59. The van der Waals surface area contributed by atoms with Gasteiger partial charge in [0.2, 0.25) is 0 Å². The van der Waals surface area contributed by atoms with Gasteiger partial charge in [-0.25, -0.2) is 4.79 Å². The molecule has 0 aromatic heterocycles. The first-order valence-corrected chi connectivity index (χ1v) is 5.66. The monoisotopic (exact) mass is 230 g/mol. The Balaban J connectivity index is 2.50. The van der Waals surface area contributed by atoms with Crippen molar-refractivity contribution in [1.82, 2.24) is 4.90 Å². The highest BCUT2D eigenvalue weighted by Crippen LogP contribution is 2.25. The minimum atomic E-state index is -0.828. The molecule has 16 heavy (non-hydrogen) atoms. The average molecular weight is 230 g/mol. The van der Waals surface area contributed by atoms with Crippen LogP contribution in [-0.4, -0.2) is 46.9 Å². The zero-order valence-electron chi connectivity index (χ0n) is 10.3. The summed E-state index contributed by atoms with van der Waals surface area (Å²) in [6.07, 6.45) is 0.732. The van der Waals surface area contributed by atoms with Crippen molar-refractivity contribution in [3.63, 3.8) is 0 Å². The molecule has 1 heterocycles. The standard InChI is InChI=1S/C11H22N2O3/c1-10(2,3)16-9(14)13-7-5-11(15,8-13)4-6-12/h15H,4-8,12H2,1-3H3. The summed E-state index contributed by atoms with van der Waals surface area (Å²) in [6, 6.07) is 0. The molecule has 1 atom stereocenters. The number of hydrogen-bond acceptors (Lipinski definition) is 4. The smallest absolute Gasteiger partial charge is 0.410 e. The second kappa shape index (κ2) is 4.59. The van der Waals surface area contributed by atoms with Gasteiger partial charge in [0.05, 0.1) is 12.1 Å². The van der Waals surface area contributed by atoms with Crippen LogP contribution in [0.1, 0.15) is 33.6 Å². The summed E-state index contributed by atoms with van der Waals surface area (Å²) >= 11 is 0. The van der Waals surface area contributed by atoms with Crippen LogP contribution in [0, 0.1) is 0 Å². The lowest BCUT2D eigenvalue weighted by molar-refractivity contribution is 0.0134. The number of nitrogens with two attached hydrogens (primary N) is 1. The normalized spacial score (nSPS) is 25.9. The van der Waals surface area contributed by atoms with Gasteiger partial charge in [-0.05, 0) is 40.2 Å². The van der Waals surface area contributed by atoms with E-state index in [0.717, 1.165) is 0 Å². The quantitative estimate of drug-likeness (QED) is 0.732.